The molecular weight excluding hydrogens is 256 g/mol. The van der Waals surface area contributed by atoms with Crippen LogP contribution in [0.2, 0.25) is 5.15 Å². The van der Waals surface area contributed by atoms with Crippen LogP contribution in [-0.2, 0) is 16.0 Å². The zero-order valence-corrected chi connectivity index (χ0v) is 9.92. The smallest absolute Gasteiger partial charge is 0.309 e. The van der Waals surface area contributed by atoms with E-state index in [9.17, 15) is 13.6 Å². The lowest BCUT2D eigenvalue weighted by atomic mass is 10.1. The van der Waals surface area contributed by atoms with Crippen molar-refractivity contribution < 1.29 is 23.0 Å². The van der Waals surface area contributed by atoms with E-state index in [1.807, 2.05) is 0 Å². The minimum Gasteiger partial charge on any atom is -0.481 e. The Labute approximate surface area is 101 Å². The van der Waals surface area contributed by atoms with Crippen molar-refractivity contribution in [1.82, 2.24) is 4.98 Å². The summed E-state index contributed by atoms with van der Waals surface area (Å²) in [6.07, 6.45) is -3.12. The lowest BCUT2D eigenvalue weighted by molar-refractivity contribution is -0.139. The molecule has 0 fully saturated rings. The van der Waals surface area contributed by atoms with Crippen molar-refractivity contribution in [1.29, 1.82) is 0 Å². The minimum absolute atomic E-state index is 0.0230. The van der Waals surface area contributed by atoms with E-state index in [2.05, 4.69) is 9.72 Å². The fourth-order valence-electron chi connectivity index (χ4n) is 1.31. The van der Waals surface area contributed by atoms with E-state index in [1.165, 1.54) is 20.3 Å². The summed E-state index contributed by atoms with van der Waals surface area (Å²) in [5.74, 6) is -0.928. The van der Waals surface area contributed by atoms with Crippen molar-refractivity contribution in [2.45, 2.75) is 12.8 Å². The van der Waals surface area contributed by atoms with Crippen LogP contribution in [0.5, 0.6) is 5.88 Å². The van der Waals surface area contributed by atoms with E-state index in [0.717, 1.165) is 0 Å². The number of esters is 1. The molecule has 1 aromatic rings. The summed E-state index contributed by atoms with van der Waals surface area (Å²) in [7, 11) is 2.37. The molecule has 94 valence electrons. The molecule has 0 N–H and O–H groups in total. The van der Waals surface area contributed by atoms with Crippen LogP contribution in [0, 0.1) is 0 Å². The van der Waals surface area contributed by atoms with Crippen LogP contribution in [-0.4, -0.2) is 25.2 Å². The van der Waals surface area contributed by atoms with E-state index in [1.54, 1.807) is 0 Å². The number of ether oxygens (including phenoxy) is 2. The first-order valence-electron chi connectivity index (χ1n) is 4.57. The Morgan fingerprint density at radius 1 is 1.53 bits per heavy atom. The number of carbonyl (C=O) groups excluding carboxylic acids is 1. The van der Waals surface area contributed by atoms with Crippen molar-refractivity contribution in [2.24, 2.45) is 0 Å². The van der Waals surface area contributed by atoms with Crippen LogP contribution in [0.15, 0.2) is 6.07 Å². The van der Waals surface area contributed by atoms with Gasteiger partial charge in [0.1, 0.15) is 5.15 Å². The van der Waals surface area contributed by atoms with E-state index in [4.69, 9.17) is 16.3 Å². The maximum atomic E-state index is 12.8. The van der Waals surface area contributed by atoms with Crippen molar-refractivity contribution in [3.05, 3.63) is 22.3 Å². The zero-order chi connectivity index (χ0) is 13.0. The summed E-state index contributed by atoms with van der Waals surface area (Å²) in [6, 6.07) is 1.20. The molecule has 0 bridgehead atoms. The van der Waals surface area contributed by atoms with E-state index in [-0.39, 0.29) is 23.0 Å². The molecule has 7 heteroatoms. The van der Waals surface area contributed by atoms with Gasteiger partial charge in [-0.2, -0.15) is 0 Å². The molecule has 0 unspecified atom stereocenters. The molecule has 0 aliphatic heterocycles. The number of alkyl halides is 2. The molecular formula is C10H10ClF2NO3. The van der Waals surface area contributed by atoms with Gasteiger partial charge in [-0.15, -0.1) is 0 Å². The number of halogens is 3. The van der Waals surface area contributed by atoms with Crippen LogP contribution >= 0.6 is 11.6 Å². The first-order valence-corrected chi connectivity index (χ1v) is 4.95. The standard InChI is InChI=1S/C10H10ClF2NO3/c1-16-7(15)4-5-3-6(11)14-10(17-2)8(5)9(12)13/h3,9H,4H2,1-2H3. The normalized spacial score (nSPS) is 10.5. The molecule has 0 amide bonds. The van der Waals surface area contributed by atoms with Crippen LogP contribution in [0.4, 0.5) is 8.78 Å². The first kappa shape index (κ1) is 13.6. The Morgan fingerprint density at radius 2 is 2.18 bits per heavy atom. The van der Waals surface area contributed by atoms with Gasteiger partial charge in [0.25, 0.3) is 6.43 Å². The van der Waals surface area contributed by atoms with Gasteiger partial charge in [0.05, 0.1) is 26.2 Å². The van der Waals surface area contributed by atoms with Crippen LogP contribution in [0.3, 0.4) is 0 Å². The van der Waals surface area contributed by atoms with Crippen LogP contribution in [0.1, 0.15) is 17.6 Å². The molecule has 0 radical (unpaired) electrons. The van der Waals surface area contributed by atoms with Crippen molar-refractivity contribution >= 4 is 17.6 Å². The molecule has 17 heavy (non-hydrogen) atoms. The van der Waals surface area contributed by atoms with Crippen LogP contribution in [0.25, 0.3) is 0 Å². The summed E-state index contributed by atoms with van der Waals surface area (Å²) in [6.45, 7) is 0. The second-order valence-electron chi connectivity index (χ2n) is 3.08. The monoisotopic (exact) mass is 265 g/mol. The predicted molar refractivity (Wildman–Crippen MR) is 56.5 cm³/mol. The first-order chi connectivity index (χ1) is 7.99. The molecule has 0 aliphatic rings. The van der Waals surface area contributed by atoms with Gasteiger partial charge in [0, 0.05) is 0 Å². The SMILES string of the molecule is COC(=O)Cc1cc(Cl)nc(OC)c1C(F)F. The zero-order valence-electron chi connectivity index (χ0n) is 9.17. The maximum Gasteiger partial charge on any atom is 0.309 e. The Kier molecular flexibility index (Phi) is 4.62. The summed E-state index contributed by atoms with van der Waals surface area (Å²) in [5, 5.41) is -0.0230. The number of rotatable bonds is 4. The molecule has 0 saturated carbocycles. The summed E-state index contributed by atoms with van der Waals surface area (Å²) >= 11 is 5.64. The van der Waals surface area contributed by atoms with Crippen molar-refractivity contribution in [2.75, 3.05) is 14.2 Å². The molecule has 1 aromatic heterocycles. The average Bonchev–Trinajstić information content (AvgIpc) is 2.27. The van der Waals surface area contributed by atoms with Gasteiger partial charge in [-0.25, -0.2) is 13.8 Å². The van der Waals surface area contributed by atoms with Gasteiger partial charge in [-0.05, 0) is 11.6 Å². The van der Waals surface area contributed by atoms with Gasteiger partial charge in [-0.3, -0.25) is 4.79 Å². The Balaban J connectivity index is 3.25. The summed E-state index contributed by atoms with van der Waals surface area (Å²) in [4.78, 5) is 14.7. The minimum atomic E-state index is -2.81. The van der Waals surface area contributed by atoms with Gasteiger partial charge in [0.2, 0.25) is 5.88 Å². The van der Waals surface area contributed by atoms with Gasteiger partial charge >= 0.3 is 5.97 Å². The molecule has 4 nitrogen and oxygen atoms in total. The molecule has 0 spiro atoms. The number of hydrogen-bond donors (Lipinski definition) is 0. The lowest BCUT2D eigenvalue weighted by Gasteiger charge is -2.12. The fourth-order valence-corrected chi connectivity index (χ4v) is 1.52. The number of pyridine rings is 1. The molecule has 0 saturated heterocycles. The highest BCUT2D eigenvalue weighted by molar-refractivity contribution is 6.29. The topological polar surface area (TPSA) is 48.4 Å². The van der Waals surface area contributed by atoms with Crippen molar-refractivity contribution in [3.63, 3.8) is 0 Å². The third kappa shape index (κ3) is 3.26. The number of hydrogen-bond acceptors (Lipinski definition) is 4. The predicted octanol–water partition coefficient (Wildman–Crippen LogP) is 2.40. The Morgan fingerprint density at radius 3 is 2.65 bits per heavy atom. The second kappa shape index (κ2) is 5.77. The van der Waals surface area contributed by atoms with Gasteiger partial charge in [-0.1, -0.05) is 11.6 Å². The number of aromatic nitrogens is 1. The Bertz CT molecular complexity index is 426. The van der Waals surface area contributed by atoms with E-state index >= 15 is 0 Å². The Hall–Kier alpha value is -1.43. The third-order valence-electron chi connectivity index (χ3n) is 2.05. The maximum absolute atomic E-state index is 12.8. The number of nitrogens with zero attached hydrogens (tertiary/aromatic N) is 1. The molecule has 0 aliphatic carbocycles. The number of methoxy groups -OCH3 is 2. The highest BCUT2D eigenvalue weighted by atomic mass is 35.5. The molecule has 1 heterocycles. The second-order valence-corrected chi connectivity index (χ2v) is 3.47. The van der Waals surface area contributed by atoms with Gasteiger partial charge in [0.15, 0.2) is 0 Å². The summed E-state index contributed by atoms with van der Waals surface area (Å²) < 4.78 is 34.8. The van der Waals surface area contributed by atoms with Gasteiger partial charge < -0.3 is 9.47 Å². The quantitative estimate of drug-likeness (QED) is 0.620. The highest BCUT2D eigenvalue weighted by Crippen LogP contribution is 2.32. The van der Waals surface area contributed by atoms with Crippen LogP contribution < -0.4 is 4.74 Å². The van der Waals surface area contributed by atoms with E-state index < -0.39 is 18.0 Å². The molecule has 0 aromatic carbocycles. The third-order valence-corrected chi connectivity index (χ3v) is 2.25. The number of carbonyl (C=O) groups is 1. The largest absolute Gasteiger partial charge is 0.481 e. The summed E-state index contributed by atoms with van der Waals surface area (Å²) in [5.41, 5.74) is -0.397. The lowest BCUT2D eigenvalue weighted by Crippen LogP contribution is -2.09. The van der Waals surface area contributed by atoms with Crippen molar-refractivity contribution in [3.8, 4) is 5.88 Å². The average molecular weight is 266 g/mol. The van der Waals surface area contributed by atoms with E-state index in [0.29, 0.717) is 0 Å². The fraction of sp³-hybridized carbons (Fsp3) is 0.400. The molecule has 1 rings (SSSR count). The molecule has 0 atom stereocenters. The highest BCUT2D eigenvalue weighted by Gasteiger charge is 2.23.